The Hall–Kier alpha value is -0.120. The van der Waals surface area contributed by atoms with Gasteiger partial charge in [-0.25, -0.2) is 0 Å². The summed E-state index contributed by atoms with van der Waals surface area (Å²) >= 11 is 0. The third-order valence-electron chi connectivity index (χ3n) is 4.85. The van der Waals surface area contributed by atoms with Gasteiger partial charge in [0.2, 0.25) is 0 Å². The number of nitrogens with two attached hydrogens (primary N) is 1. The zero-order chi connectivity index (χ0) is 13.4. The number of hydrogen-bond donors (Lipinski definition) is 1. The van der Waals surface area contributed by atoms with E-state index in [1.807, 2.05) is 6.92 Å². The molecule has 0 saturated carbocycles. The first-order valence-corrected chi connectivity index (χ1v) is 7.73. The lowest BCUT2D eigenvalue weighted by atomic mass is 9.74. The van der Waals surface area contributed by atoms with E-state index in [1.54, 1.807) is 0 Å². The second kappa shape index (κ2) is 8.13. The molecule has 0 bridgehead atoms. The summed E-state index contributed by atoms with van der Waals surface area (Å²) in [6.07, 6.45) is 6.72. The molecule has 3 nitrogen and oxygen atoms in total. The van der Waals surface area contributed by atoms with Crippen molar-refractivity contribution in [1.82, 2.24) is 4.90 Å². The summed E-state index contributed by atoms with van der Waals surface area (Å²) in [5, 5.41) is 0. The van der Waals surface area contributed by atoms with Crippen LogP contribution in [0.25, 0.3) is 0 Å². The Bertz CT molecular complexity index is 207. The molecule has 1 aliphatic rings. The minimum Gasteiger partial charge on any atom is -0.377 e. The fourth-order valence-electron chi connectivity index (χ4n) is 3.04. The molecular weight excluding hydrogens is 224 g/mol. The molecule has 2 N–H and O–H groups in total. The molecule has 0 aromatic heterocycles. The zero-order valence-electron chi connectivity index (χ0n) is 12.6. The van der Waals surface area contributed by atoms with Crippen LogP contribution >= 0.6 is 0 Å². The number of hydrogen-bond acceptors (Lipinski definition) is 3. The van der Waals surface area contributed by atoms with Gasteiger partial charge in [-0.3, -0.25) is 0 Å². The highest BCUT2D eigenvalue weighted by Crippen LogP contribution is 2.37. The van der Waals surface area contributed by atoms with Crippen LogP contribution in [0, 0.1) is 5.41 Å². The maximum atomic E-state index is 5.72. The molecule has 0 aromatic carbocycles. The molecule has 18 heavy (non-hydrogen) atoms. The highest BCUT2D eigenvalue weighted by Gasteiger charge is 2.30. The Morgan fingerprint density at radius 3 is 2.22 bits per heavy atom. The van der Waals surface area contributed by atoms with Crippen molar-refractivity contribution in [3.8, 4) is 0 Å². The lowest BCUT2D eigenvalue weighted by molar-refractivity contribution is 0.0416. The van der Waals surface area contributed by atoms with E-state index >= 15 is 0 Å². The van der Waals surface area contributed by atoms with Gasteiger partial charge in [0.25, 0.3) is 0 Å². The fourth-order valence-corrected chi connectivity index (χ4v) is 3.04. The van der Waals surface area contributed by atoms with Crippen LogP contribution in [0.15, 0.2) is 0 Å². The van der Waals surface area contributed by atoms with Gasteiger partial charge < -0.3 is 15.4 Å². The van der Waals surface area contributed by atoms with Crippen LogP contribution in [0.5, 0.6) is 0 Å². The van der Waals surface area contributed by atoms with Crippen LogP contribution in [0.1, 0.15) is 52.9 Å². The SMILES string of the molecule is CCOC(CN)CCN1CCC(CC)(CC)CC1. The lowest BCUT2D eigenvalue weighted by Crippen LogP contribution is -2.41. The Kier molecular flexibility index (Phi) is 7.20. The molecule has 3 heteroatoms. The van der Waals surface area contributed by atoms with Crippen LogP contribution in [-0.2, 0) is 4.74 Å². The van der Waals surface area contributed by atoms with Gasteiger partial charge in [-0.05, 0) is 44.7 Å². The Morgan fingerprint density at radius 1 is 1.17 bits per heavy atom. The van der Waals surface area contributed by atoms with Gasteiger partial charge >= 0.3 is 0 Å². The maximum Gasteiger partial charge on any atom is 0.0709 e. The standard InChI is InChI=1S/C15H32N2O/c1-4-15(5-2)8-11-17(12-9-15)10-7-14(13-16)18-6-3/h14H,4-13,16H2,1-3H3. The minimum absolute atomic E-state index is 0.249. The number of piperidine rings is 1. The van der Waals surface area contributed by atoms with Gasteiger partial charge in [0.15, 0.2) is 0 Å². The zero-order valence-corrected chi connectivity index (χ0v) is 12.6. The van der Waals surface area contributed by atoms with Crippen molar-refractivity contribution in [3.63, 3.8) is 0 Å². The van der Waals surface area contributed by atoms with E-state index in [9.17, 15) is 0 Å². The first-order valence-electron chi connectivity index (χ1n) is 7.73. The van der Waals surface area contributed by atoms with Crippen LogP contribution in [0.2, 0.25) is 0 Å². The molecule has 1 heterocycles. The topological polar surface area (TPSA) is 38.5 Å². The van der Waals surface area contributed by atoms with Gasteiger partial charge in [-0.1, -0.05) is 26.7 Å². The predicted octanol–water partition coefficient (Wildman–Crippen LogP) is 2.64. The molecule has 1 saturated heterocycles. The summed E-state index contributed by atoms with van der Waals surface area (Å²) in [5.41, 5.74) is 6.35. The summed E-state index contributed by atoms with van der Waals surface area (Å²) in [4.78, 5) is 2.59. The normalized spacial score (nSPS) is 22.0. The van der Waals surface area contributed by atoms with Gasteiger partial charge in [0, 0.05) is 19.7 Å². The molecule has 0 amide bonds. The fraction of sp³-hybridized carbons (Fsp3) is 1.00. The van der Waals surface area contributed by atoms with Gasteiger partial charge in [-0.2, -0.15) is 0 Å². The predicted molar refractivity (Wildman–Crippen MR) is 77.8 cm³/mol. The second-order valence-corrected chi connectivity index (χ2v) is 5.65. The van der Waals surface area contributed by atoms with Crippen molar-refractivity contribution in [1.29, 1.82) is 0 Å². The molecule has 1 aliphatic heterocycles. The van der Waals surface area contributed by atoms with Gasteiger partial charge in [0.05, 0.1) is 6.10 Å². The monoisotopic (exact) mass is 256 g/mol. The Labute approximate surface area is 113 Å². The van der Waals surface area contributed by atoms with E-state index in [2.05, 4.69) is 18.7 Å². The lowest BCUT2D eigenvalue weighted by Gasteiger charge is -2.41. The molecule has 0 aliphatic carbocycles. The summed E-state index contributed by atoms with van der Waals surface area (Å²) < 4.78 is 5.61. The number of rotatable bonds is 8. The van der Waals surface area contributed by atoms with Crippen LogP contribution in [0.4, 0.5) is 0 Å². The van der Waals surface area contributed by atoms with Crippen molar-refractivity contribution >= 4 is 0 Å². The van der Waals surface area contributed by atoms with E-state index in [1.165, 1.54) is 38.8 Å². The molecule has 1 rings (SSSR count). The van der Waals surface area contributed by atoms with E-state index in [4.69, 9.17) is 10.5 Å². The van der Waals surface area contributed by atoms with Crippen molar-refractivity contribution in [2.75, 3.05) is 32.8 Å². The van der Waals surface area contributed by atoms with Crippen molar-refractivity contribution < 1.29 is 4.74 Å². The quantitative estimate of drug-likeness (QED) is 0.725. The molecule has 1 unspecified atom stereocenters. The molecule has 0 aromatic rings. The van der Waals surface area contributed by atoms with Crippen molar-refractivity contribution in [3.05, 3.63) is 0 Å². The smallest absolute Gasteiger partial charge is 0.0709 e. The second-order valence-electron chi connectivity index (χ2n) is 5.65. The molecule has 108 valence electrons. The number of ether oxygens (including phenoxy) is 1. The van der Waals surface area contributed by atoms with Gasteiger partial charge in [0.1, 0.15) is 0 Å². The van der Waals surface area contributed by atoms with E-state index in [0.717, 1.165) is 19.6 Å². The van der Waals surface area contributed by atoms with Crippen molar-refractivity contribution in [2.45, 2.75) is 59.0 Å². The number of nitrogens with zero attached hydrogens (tertiary/aromatic N) is 1. The average molecular weight is 256 g/mol. The first-order chi connectivity index (χ1) is 8.69. The van der Waals surface area contributed by atoms with Crippen LogP contribution in [0.3, 0.4) is 0 Å². The third kappa shape index (κ3) is 4.52. The van der Waals surface area contributed by atoms with E-state index < -0.39 is 0 Å². The number of likely N-dealkylation sites (tertiary alicyclic amines) is 1. The Morgan fingerprint density at radius 2 is 1.78 bits per heavy atom. The first kappa shape index (κ1) is 15.9. The molecule has 1 fully saturated rings. The highest BCUT2D eigenvalue weighted by molar-refractivity contribution is 4.84. The van der Waals surface area contributed by atoms with E-state index in [-0.39, 0.29) is 6.10 Å². The molecule has 0 spiro atoms. The van der Waals surface area contributed by atoms with Gasteiger partial charge in [-0.15, -0.1) is 0 Å². The van der Waals surface area contributed by atoms with Crippen molar-refractivity contribution in [2.24, 2.45) is 11.1 Å². The van der Waals surface area contributed by atoms with E-state index in [0.29, 0.717) is 12.0 Å². The minimum atomic E-state index is 0.249. The summed E-state index contributed by atoms with van der Waals surface area (Å²) in [5.74, 6) is 0. The highest BCUT2D eigenvalue weighted by atomic mass is 16.5. The molecular formula is C15H32N2O. The summed E-state index contributed by atoms with van der Waals surface area (Å²) in [6, 6.07) is 0. The third-order valence-corrected chi connectivity index (χ3v) is 4.85. The largest absolute Gasteiger partial charge is 0.377 e. The maximum absolute atomic E-state index is 5.72. The van der Waals surface area contributed by atoms with Crippen LogP contribution in [-0.4, -0.2) is 43.8 Å². The molecule has 0 radical (unpaired) electrons. The average Bonchev–Trinajstić information content (AvgIpc) is 2.44. The Balaban J connectivity index is 2.26. The molecule has 1 atom stereocenters. The summed E-state index contributed by atoms with van der Waals surface area (Å²) in [6.45, 7) is 11.8. The summed E-state index contributed by atoms with van der Waals surface area (Å²) in [7, 11) is 0. The van der Waals surface area contributed by atoms with Crippen LogP contribution < -0.4 is 5.73 Å².